The van der Waals surface area contributed by atoms with E-state index in [9.17, 15) is 0 Å². The average molecular weight is 208 g/mol. The third kappa shape index (κ3) is 1.99. The highest BCUT2D eigenvalue weighted by Gasteiger charge is 2.03. The topological polar surface area (TPSA) is 93.4 Å². The Morgan fingerprint density at radius 3 is 2.86 bits per heavy atom. The van der Waals surface area contributed by atoms with Gasteiger partial charge in [0.1, 0.15) is 17.2 Å². The third-order valence-corrected chi connectivity index (χ3v) is 2.51. The Labute approximate surface area is 84.4 Å². The smallest absolute Gasteiger partial charge is 0.156 e. The molecule has 0 saturated heterocycles. The fourth-order valence-electron chi connectivity index (χ4n) is 0.884. The average Bonchev–Trinajstić information content (AvgIpc) is 2.69. The van der Waals surface area contributed by atoms with Gasteiger partial charge in [0.05, 0.1) is 5.75 Å². The molecule has 0 aliphatic carbocycles. The summed E-state index contributed by atoms with van der Waals surface area (Å²) in [6, 6.07) is 0. The molecule has 0 spiro atoms. The van der Waals surface area contributed by atoms with Gasteiger partial charge in [0.25, 0.3) is 0 Å². The first kappa shape index (κ1) is 8.95. The molecule has 0 unspecified atom stereocenters. The first-order chi connectivity index (χ1) is 6.86. The van der Waals surface area contributed by atoms with Crippen LogP contribution >= 0.6 is 11.8 Å². The molecule has 3 N–H and O–H groups in total. The van der Waals surface area contributed by atoms with Crippen LogP contribution in [0.1, 0.15) is 5.82 Å². The van der Waals surface area contributed by atoms with Crippen LogP contribution in [0.5, 0.6) is 0 Å². The van der Waals surface area contributed by atoms with Crippen LogP contribution in [0.15, 0.2) is 23.7 Å². The molecule has 0 bridgehead atoms. The normalized spacial score (nSPS) is 10.3. The molecular formula is C7H8N6S. The second kappa shape index (κ2) is 4.05. The summed E-state index contributed by atoms with van der Waals surface area (Å²) in [6.45, 7) is 0. The molecule has 0 saturated carbocycles. The number of H-pyrrole nitrogens is 1. The molecule has 7 heteroatoms. The second-order valence-corrected chi connectivity index (χ2v) is 3.43. The lowest BCUT2D eigenvalue weighted by molar-refractivity contribution is 1.02. The number of hydrogen-bond donors (Lipinski definition) is 2. The van der Waals surface area contributed by atoms with E-state index in [4.69, 9.17) is 5.73 Å². The zero-order valence-corrected chi connectivity index (χ0v) is 8.03. The Bertz CT molecular complexity index is 400. The van der Waals surface area contributed by atoms with Gasteiger partial charge in [0.2, 0.25) is 0 Å². The standard InChI is InChI=1S/C7H8N6S/c8-6-7(10-2-1-9-6)14-3-5-11-4-12-13-5/h1-2,4H,3H2,(H2,8,9)(H,11,12,13). The molecule has 0 fully saturated rings. The van der Waals surface area contributed by atoms with Crippen molar-refractivity contribution in [3.8, 4) is 0 Å². The Balaban J connectivity index is 2.02. The summed E-state index contributed by atoms with van der Waals surface area (Å²) in [6.07, 6.45) is 4.64. The van der Waals surface area contributed by atoms with Gasteiger partial charge in [-0.05, 0) is 0 Å². The quantitative estimate of drug-likeness (QED) is 0.712. The van der Waals surface area contributed by atoms with E-state index >= 15 is 0 Å². The summed E-state index contributed by atoms with van der Waals surface area (Å²) in [7, 11) is 0. The third-order valence-electron chi connectivity index (χ3n) is 1.50. The summed E-state index contributed by atoms with van der Waals surface area (Å²) in [5.74, 6) is 1.89. The maximum absolute atomic E-state index is 5.62. The summed E-state index contributed by atoms with van der Waals surface area (Å²) in [5.41, 5.74) is 5.62. The van der Waals surface area contributed by atoms with Gasteiger partial charge in [0, 0.05) is 12.4 Å². The zero-order chi connectivity index (χ0) is 9.80. The highest BCUT2D eigenvalue weighted by Crippen LogP contribution is 2.22. The van der Waals surface area contributed by atoms with E-state index in [-0.39, 0.29) is 0 Å². The SMILES string of the molecule is Nc1nccnc1SCc1ncn[nH]1. The van der Waals surface area contributed by atoms with Crippen LogP contribution in [-0.4, -0.2) is 25.1 Å². The van der Waals surface area contributed by atoms with Crippen LogP contribution in [-0.2, 0) is 5.75 Å². The lowest BCUT2D eigenvalue weighted by Crippen LogP contribution is -1.95. The molecule has 0 radical (unpaired) electrons. The molecule has 0 amide bonds. The summed E-state index contributed by atoms with van der Waals surface area (Å²) in [4.78, 5) is 12.0. The van der Waals surface area contributed by atoms with Crippen molar-refractivity contribution < 1.29 is 0 Å². The molecule has 0 aliphatic heterocycles. The second-order valence-electron chi connectivity index (χ2n) is 2.47. The monoisotopic (exact) mass is 208 g/mol. The van der Waals surface area contributed by atoms with Gasteiger partial charge in [-0.15, -0.1) is 0 Å². The van der Waals surface area contributed by atoms with E-state index in [2.05, 4.69) is 25.1 Å². The fourth-order valence-corrected chi connectivity index (χ4v) is 1.63. The Morgan fingerprint density at radius 2 is 2.14 bits per heavy atom. The van der Waals surface area contributed by atoms with Gasteiger partial charge in [-0.25, -0.2) is 15.0 Å². The van der Waals surface area contributed by atoms with Crippen LogP contribution in [0, 0.1) is 0 Å². The van der Waals surface area contributed by atoms with Gasteiger partial charge in [-0.2, -0.15) is 5.10 Å². The molecule has 0 atom stereocenters. The van der Waals surface area contributed by atoms with Gasteiger partial charge in [0.15, 0.2) is 5.82 Å². The molecule has 14 heavy (non-hydrogen) atoms. The van der Waals surface area contributed by atoms with Crippen molar-refractivity contribution in [2.24, 2.45) is 0 Å². The van der Waals surface area contributed by atoms with Gasteiger partial charge in [-0.1, -0.05) is 11.8 Å². The van der Waals surface area contributed by atoms with Crippen LogP contribution in [0.3, 0.4) is 0 Å². The minimum Gasteiger partial charge on any atom is -0.381 e. The molecule has 2 rings (SSSR count). The zero-order valence-electron chi connectivity index (χ0n) is 7.21. The first-order valence-electron chi connectivity index (χ1n) is 3.90. The van der Waals surface area contributed by atoms with Gasteiger partial charge >= 0.3 is 0 Å². The number of hydrogen-bond acceptors (Lipinski definition) is 6. The molecule has 0 aliphatic rings. The summed E-state index contributed by atoms with van der Waals surface area (Å²) < 4.78 is 0. The number of rotatable bonds is 3. The van der Waals surface area contributed by atoms with Gasteiger partial charge < -0.3 is 5.73 Å². The van der Waals surface area contributed by atoms with Crippen molar-refractivity contribution in [2.45, 2.75) is 10.8 Å². The minimum atomic E-state index is 0.442. The minimum absolute atomic E-state index is 0.442. The number of anilines is 1. The van der Waals surface area contributed by atoms with Crippen molar-refractivity contribution in [2.75, 3.05) is 5.73 Å². The lowest BCUT2D eigenvalue weighted by atomic mass is 10.7. The molecule has 2 aromatic rings. The van der Waals surface area contributed by atoms with E-state index in [0.29, 0.717) is 16.6 Å². The number of nitrogens with one attached hydrogen (secondary N) is 1. The maximum Gasteiger partial charge on any atom is 0.156 e. The molecule has 2 aromatic heterocycles. The van der Waals surface area contributed by atoms with Crippen LogP contribution in [0.4, 0.5) is 5.82 Å². The lowest BCUT2D eigenvalue weighted by Gasteiger charge is -1.99. The van der Waals surface area contributed by atoms with Crippen molar-refractivity contribution in [1.82, 2.24) is 25.1 Å². The Kier molecular flexibility index (Phi) is 2.59. The van der Waals surface area contributed by atoms with E-state index in [1.165, 1.54) is 18.1 Å². The van der Waals surface area contributed by atoms with Crippen molar-refractivity contribution >= 4 is 17.6 Å². The highest BCUT2D eigenvalue weighted by molar-refractivity contribution is 7.98. The number of aromatic amines is 1. The van der Waals surface area contributed by atoms with E-state index in [1.54, 1.807) is 12.4 Å². The van der Waals surface area contributed by atoms with E-state index < -0.39 is 0 Å². The Hall–Kier alpha value is -1.63. The predicted octanol–water partition coefficient (Wildman–Crippen LogP) is 0.469. The highest BCUT2D eigenvalue weighted by atomic mass is 32.2. The van der Waals surface area contributed by atoms with Crippen molar-refractivity contribution in [3.05, 3.63) is 24.5 Å². The van der Waals surface area contributed by atoms with Gasteiger partial charge in [-0.3, -0.25) is 5.10 Å². The number of thioether (sulfide) groups is 1. The molecule has 72 valence electrons. The van der Waals surface area contributed by atoms with Crippen molar-refractivity contribution in [3.63, 3.8) is 0 Å². The number of nitrogens with zero attached hydrogens (tertiary/aromatic N) is 4. The Morgan fingerprint density at radius 1 is 1.29 bits per heavy atom. The number of aromatic nitrogens is 5. The fraction of sp³-hybridized carbons (Fsp3) is 0.143. The maximum atomic E-state index is 5.62. The van der Waals surface area contributed by atoms with Crippen LogP contribution < -0.4 is 5.73 Å². The summed E-state index contributed by atoms with van der Waals surface area (Å²) in [5, 5.41) is 7.21. The summed E-state index contributed by atoms with van der Waals surface area (Å²) >= 11 is 1.47. The number of nitrogen functional groups attached to an aromatic ring is 1. The number of nitrogens with two attached hydrogens (primary N) is 1. The van der Waals surface area contributed by atoms with Crippen molar-refractivity contribution in [1.29, 1.82) is 0 Å². The first-order valence-corrected chi connectivity index (χ1v) is 4.88. The van der Waals surface area contributed by atoms with E-state index in [0.717, 1.165) is 5.82 Å². The largest absolute Gasteiger partial charge is 0.381 e. The molecule has 6 nitrogen and oxygen atoms in total. The predicted molar refractivity (Wildman–Crippen MR) is 52.4 cm³/mol. The van der Waals surface area contributed by atoms with Crippen LogP contribution in [0.2, 0.25) is 0 Å². The van der Waals surface area contributed by atoms with Crippen LogP contribution in [0.25, 0.3) is 0 Å². The van der Waals surface area contributed by atoms with E-state index in [1.807, 2.05) is 0 Å². The molecule has 2 heterocycles. The molecule has 0 aromatic carbocycles. The molecular weight excluding hydrogens is 200 g/mol.